The van der Waals surface area contributed by atoms with Gasteiger partial charge < -0.3 is 9.84 Å². The highest BCUT2D eigenvalue weighted by molar-refractivity contribution is 5.75. The smallest absolute Gasteiger partial charge is 0.315 e. The maximum atomic E-state index is 11.1. The molecule has 3 nitrogen and oxygen atoms in total. The van der Waals surface area contributed by atoms with E-state index in [0.29, 0.717) is 6.42 Å². The van der Waals surface area contributed by atoms with Crippen molar-refractivity contribution in [2.75, 3.05) is 7.11 Å². The lowest BCUT2D eigenvalue weighted by molar-refractivity contribution is -0.151. The monoisotopic (exact) mass is 172 g/mol. The maximum Gasteiger partial charge on any atom is 0.315 e. The summed E-state index contributed by atoms with van der Waals surface area (Å²) in [5.74, 6) is -1.09. The van der Waals surface area contributed by atoms with Gasteiger partial charge in [0.15, 0.2) is 0 Å². The highest BCUT2D eigenvalue weighted by Crippen LogP contribution is 2.22. The van der Waals surface area contributed by atoms with E-state index < -0.39 is 17.5 Å². The Labute approximate surface area is 73.0 Å². The number of ether oxygens (including phenoxy) is 1. The zero-order chi connectivity index (χ0) is 9.78. The third-order valence-electron chi connectivity index (χ3n) is 2.08. The molecular weight excluding hydrogens is 156 g/mol. The van der Waals surface area contributed by atoms with Crippen LogP contribution < -0.4 is 0 Å². The topological polar surface area (TPSA) is 46.5 Å². The van der Waals surface area contributed by atoms with Crippen LogP contribution in [0.3, 0.4) is 0 Å². The molecule has 0 aromatic heterocycles. The molecule has 70 valence electrons. The van der Waals surface area contributed by atoms with Crippen LogP contribution in [0.4, 0.5) is 0 Å². The molecule has 1 N–H and O–H groups in total. The maximum absolute atomic E-state index is 11.1. The first-order valence-electron chi connectivity index (χ1n) is 3.92. The van der Waals surface area contributed by atoms with Gasteiger partial charge in [-0.15, -0.1) is 6.58 Å². The van der Waals surface area contributed by atoms with Gasteiger partial charge in [0.25, 0.3) is 0 Å². The Bertz CT molecular complexity index is 173. The summed E-state index contributed by atoms with van der Waals surface area (Å²) in [4.78, 5) is 11.1. The minimum absolute atomic E-state index is 0.447. The number of carbonyl (C=O) groups excluding carboxylic acids is 1. The van der Waals surface area contributed by atoms with Crippen molar-refractivity contribution in [2.45, 2.75) is 25.9 Å². The molecule has 0 rings (SSSR count). The van der Waals surface area contributed by atoms with Crippen molar-refractivity contribution in [1.29, 1.82) is 0 Å². The van der Waals surface area contributed by atoms with Gasteiger partial charge in [-0.3, -0.25) is 4.79 Å². The second kappa shape index (κ2) is 4.26. The number of esters is 1. The van der Waals surface area contributed by atoms with E-state index in [4.69, 9.17) is 0 Å². The molecule has 2 atom stereocenters. The molecule has 0 saturated carbocycles. The van der Waals surface area contributed by atoms with E-state index in [1.807, 2.05) is 0 Å². The van der Waals surface area contributed by atoms with Crippen molar-refractivity contribution in [3.63, 3.8) is 0 Å². The van der Waals surface area contributed by atoms with Gasteiger partial charge in [0.2, 0.25) is 0 Å². The average Bonchev–Trinajstić information content (AvgIpc) is 2.05. The molecule has 0 fully saturated rings. The molecule has 0 heterocycles. The second-order valence-corrected chi connectivity index (χ2v) is 2.95. The fraction of sp³-hybridized carbons (Fsp3) is 0.667. The number of hydrogen-bond acceptors (Lipinski definition) is 3. The van der Waals surface area contributed by atoms with Crippen LogP contribution in [0, 0.1) is 5.92 Å². The third-order valence-corrected chi connectivity index (χ3v) is 2.08. The molecule has 3 heteroatoms. The molecule has 0 aliphatic rings. The Morgan fingerprint density at radius 3 is 2.58 bits per heavy atom. The molecule has 0 aliphatic heterocycles. The van der Waals surface area contributed by atoms with Gasteiger partial charge in [-0.1, -0.05) is 13.0 Å². The average molecular weight is 172 g/mol. The van der Waals surface area contributed by atoms with E-state index in [9.17, 15) is 9.90 Å². The Hall–Kier alpha value is -0.830. The minimum Gasteiger partial charge on any atom is -0.468 e. The predicted molar refractivity (Wildman–Crippen MR) is 46.6 cm³/mol. The summed E-state index contributed by atoms with van der Waals surface area (Å²) in [6.45, 7) is 6.88. The Kier molecular flexibility index (Phi) is 3.96. The molecular formula is C9H16O3. The van der Waals surface area contributed by atoms with Gasteiger partial charge in [-0.2, -0.15) is 0 Å². The zero-order valence-corrected chi connectivity index (χ0v) is 7.83. The molecule has 0 aromatic carbocycles. The number of carbonyl (C=O) groups is 1. The lowest BCUT2D eigenvalue weighted by atomic mass is 9.87. The molecule has 0 aromatic rings. The summed E-state index contributed by atoms with van der Waals surface area (Å²) < 4.78 is 4.52. The van der Waals surface area contributed by atoms with Crippen LogP contribution in [0.25, 0.3) is 0 Å². The molecule has 0 spiro atoms. The first kappa shape index (κ1) is 11.2. The molecule has 0 aliphatic carbocycles. The van der Waals surface area contributed by atoms with Gasteiger partial charge in [0, 0.05) is 0 Å². The van der Waals surface area contributed by atoms with Crippen LogP contribution >= 0.6 is 0 Å². The van der Waals surface area contributed by atoms with Gasteiger partial charge >= 0.3 is 5.97 Å². The van der Waals surface area contributed by atoms with E-state index in [1.54, 1.807) is 13.8 Å². The fourth-order valence-electron chi connectivity index (χ4n) is 0.951. The van der Waals surface area contributed by atoms with E-state index in [2.05, 4.69) is 11.3 Å². The number of methoxy groups -OCH3 is 1. The van der Waals surface area contributed by atoms with E-state index in [0.717, 1.165) is 0 Å². The van der Waals surface area contributed by atoms with Gasteiger partial charge in [-0.05, 0) is 13.3 Å². The van der Waals surface area contributed by atoms with Crippen LogP contribution in [0.15, 0.2) is 12.7 Å². The SMILES string of the molecule is C=C[C@H](C(=O)OC)[C@@](C)(O)CC. The highest BCUT2D eigenvalue weighted by atomic mass is 16.5. The second-order valence-electron chi connectivity index (χ2n) is 2.95. The quantitative estimate of drug-likeness (QED) is 0.510. The van der Waals surface area contributed by atoms with Crippen molar-refractivity contribution in [3.8, 4) is 0 Å². The van der Waals surface area contributed by atoms with Gasteiger partial charge in [0.05, 0.1) is 12.7 Å². The Balaban J connectivity index is 4.54. The fourth-order valence-corrected chi connectivity index (χ4v) is 0.951. The van der Waals surface area contributed by atoms with Crippen molar-refractivity contribution in [2.24, 2.45) is 5.92 Å². The zero-order valence-electron chi connectivity index (χ0n) is 7.83. The van der Waals surface area contributed by atoms with Crippen molar-refractivity contribution in [1.82, 2.24) is 0 Å². The first-order valence-corrected chi connectivity index (χ1v) is 3.92. The largest absolute Gasteiger partial charge is 0.468 e. The van der Waals surface area contributed by atoms with Crippen molar-refractivity contribution in [3.05, 3.63) is 12.7 Å². The summed E-state index contributed by atoms with van der Waals surface area (Å²) >= 11 is 0. The standard InChI is InChI=1S/C9H16O3/c1-5-7(8(10)12-4)9(3,11)6-2/h5,7,11H,1,6H2,2-4H3/t7-,9+/m1/s1. The number of aliphatic hydroxyl groups is 1. The van der Waals surface area contributed by atoms with Gasteiger partial charge in [0.1, 0.15) is 5.92 Å². The lowest BCUT2D eigenvalue weighted by Gasteiger charge is -2.27. The summed E-state index contributed by atoms with van der Waals surface area (Å²) in [5, 5.41) is 9.71. The summed E-state index contributed by atoms with van der Waals surface area (Å²) in [6, 6.07) is 0. The number of hydrogen-bond donors (Lipinski definition) is 1. The van der Waals surface area contributed by atoms with Gasteiger partial charge in [-0.25, -0.2) is 0 Å². The summed E-state index contributed by atoms with van der Waals surface area (Å²) in [7, 11) is 1.30. The minimum atomic E-state index is -1.06. The third kappa shape index (κ3) is 2.34. The van der Waals surface area contributed by atoms with E-state index in [1.165, 1.54) is 13.2 Å². The summed E-state index contributed by atoms with van der Waals surface area (Å²) in [6.07, 6.45) is 1.90. The predicted octanol–water partition coefficient (Wildman–Crippen LogP) is 1.12. The van der Waals surface area contributed by atoms with Crippen LogP contribution in [0.1, 0.15) is 20.3 Å². The molecule has 0 amide bonds. The molecule has 0 radical (unpaired) electrons. The lowest BCUT2D eigenvalue weighted by Crippen LogP contribution is -2.38. The Morgan fingerprint density at radius 2 is 2.33 bits per heavy atom. The Morgan fingerprint density at radius 1 is 1.83 bits per heavy atom. The van der Waals surface area contributed by atoms with Crippen LogP contribution in [0.5, 0.6) is 0 Å². The number of rotatable bonds is 4. The van der Waals surface area contributed by atoms with E-state index >= 15 is 0 Å². The van der Waals surface area contributed by atoms with Crippen molar-refractivity contribution < 1.29 is 14.6 Å². The van der Waals surface area contributed by atoms with Crippen molar-refractivity contribution >= 4 is 5.97 Å². The molecule has 0 unspecified atom stereocenters. The van der Waals surface area contributed by atoms with Crippen LogP contribution in [0.2, 0.25) is 0 Å². The van der Waals surface area contributed by atoms with Crippen LogP contribution in [-0.4, -0.2) is 23.8 Å². The molecule has 0 bridgehead atoms. The normalized spacial score (nSPS) is 17.7. The highest BCUT2D eigenvalue weighted by Gasteiger charge is 2.34. The molecule has 0 saturated heterocycles. The van der Waals surface area contributed by atoms with E-state index in [-0.39, 0.29) is 0 Å². The summed E-state index contributed by atoms with van der Waals surface area (Å²) in [5.41, 5.74) is -1.06. The first-order chi connectivity index (χ1) is 5.49. The van der Waals surface area contributed by atoms with Crippen LogP contribution in [-0.2, 0) is 9.53 Å². The molecule has 12 heavy (non-hydrogen) atoms.